The van der Waals surface area contributed by atoms with Crippen LogP contribution in [0.25, 0.3) is 0 Å². The third kappa shape index (κ3) is 3.33. The normalized spacial score (nSPS) is 12.6. The second kappa shape index (κ2) is 5.85. The monoisotopic (exact) mass is 269 g/mol. The van der Waals surface area contributed by atoms with Crippen LogP contribution in [0.3, 0.4) is 0 Å². The summed E-state index contributed by atoms with van der Waals surface area (Å²) >= 11 is 0. The zero-order chi connectivity index (χ0) is 13.8. The molecule has 7 heteroatoms. The Balaban J connectivity index is 1.92. The lowest BCUT2D eigenvalue weighted by Gasteiger charge is -2.12. The first kappa shape index (κ1) is 13.6. The summed E-state index contributed by atoms with van der Waals surface area (Å²) in [4.78, 5) is 3.95. The summed E-state index contributed by atoms with van der Waals surface area (Å²) in [7, 11) is 0. The number of hydrogen-bond acceptors (Lipinski definition) is 5. The van der Waals surface area contributed by atoms with Crippen LogP contribution in [0.5, 0.6) is 0 Å². The van der Waals surface area contributed by atoms with Gasteiger partial charge < -0.3 is 14.9 Å². The fraction of sp³-hybridized carbons (Fsp3) is 0.333. The minimum atomic E-state index is -1.29. The Hall–Kier alpha value is -1.86. The molecular weight excluding hydrogens is 256 g/mol. The average molecular weight is 269 g/mol. The highest BCUT2D eigenvalue weighted by atomic mass is 19.1. The maximum absolute atomic E-state index is 13.4. The van der Waals surface area contributed by atoms with Gasteiger partial charge in [0.2, 0.25) is 5.89 Å². The highest BCUT2D eigenvalue weighted by Gasteiger charge is 2.17. The molecule has 0 aliphatic carbocycles. The molecule has 1 heterocycles. The second-order valence-electron chi connectivity index (χ2n) is 4.02. The zero-order valence-electron chi connectivity index (χ0n) is 10.2. The molecule has 1 unspecified atom stereocenters. The molecule has 0 aliphatic rings. The van der Waals surface area contributed by atoms with E-state index in [-0.39, 0.29) is 18.7 Å². The molecule has 102 valence electrons. The van der Waals surface area contributed by atoms with E-state index >= 15 is 0 Å². The van der Waals surface area contributed by atoms with Gasteiger partial charge in [-0.15, -0.1) is 0 Å². The topological polar surface area (TPSA) is 71.2 Å². The molecule has 0 bridgehead atoms. The van der Waals surface area contributed by atoms with Crippen molar-refractivity contribution in [1.82, 2.24) is 15.5 Å². The van der Waals surface area contributed by atoms with Gasteiger partial charge in [-0.05, 0) is 19.1 Å². The molecule has 2 N–H and O–H groups in total. The third-order valence-corrected chi connectivity index (χ3v) is 2.52. The van der Waals surface area contributed by atoms with Gasteiger partial charge in [-0.3, -0.25) is 0 Å². The van der Waals surface area contributed by atoms with Crippen molar-refractivity contribution in [2.75, 3.05) is 6.54 Å². The smallest absolute Gasteiger partial charge is 0.240 e. The van der Waals surface area contributed by atoms with E-state index in [9.17, 15) is 13.9 Å². The zero-order valence-corrected chi connectivity index (χ0v) is 10.2. The fourth-order valence-corrected chi connectivity index (χ4v) is 1.66. The molecule has 0 radical (unpaired) electrons. The number of aryl methyl sites for hydroxylation is 1. The summed E-state index contributed by atoms with van der Waals surface area (Å²) < 4.78 is 31.6. The molecule has 1 aromatic heterocycles. The summed E-state index contributed by atoms with van der Waals surface area (Å²) in [5.41, 5.74) is -0.350. The first-order valence-corrected chi connectivity index (χ1v) is 5.70. The van der Waals surface area contributed by atoms with Crippen LogP contribution in [-0.2, 0) is 6.54 Å². The van der Waals surface area contributed by atoms with Crippen molar-refractivity contribution in [3.8, 4) is 0 Å². The summed E-state index contributed by atoms with van der Waals surface area (Å²) in [6, 6.07) is 3.45. The quantitative estimate of drug-likeness (QED) is 0.860. The van der Waals surface area contributed by atoms with E-state index in [2.05, 4.69) is 15.5 Å². The van der Waals surface area contributed by atoms with E-state index in [0.717, 1.165) is 12.1 Å². The molecule has 1 aromatic carbocycles. The maximum Gasteiger partial charge on any atom is 0.240 e. The lowest BCUT2D eigenvalue weighted by atomic mass is 10.1. The number of hydrogen-bond donors (Lipinski definition) is 2. The Morgan fingerprint density at radius 3 is 2.63 bits per heavy atom. The number of halogens is 2. The lowest BCUT2D eigenvalue weighted by Crippen LogP contribution is -2.22. The first-order valence-electron chi connectivity index (χ1n) is 5.70. The standard InChI is InChI=1S/C12H13F2N3O2/c1-7-16-11(19-17-7)6-15-5-10(18)12-8(13)3-2-4-9(12)14/h2-4,10,15,18H,5-6H2,1H3. The number of rotatable bonds is 5. The van der Waals surface area contributed by atoms with Gasteiger partial charge in [-0.25, -0.2) is 8.78 Å². The number of aromatic nitrogens is 2. The number of benzene rings is 1. The number of nitrogens with one attached hydrogen (secondary N) is 1. The average Bonchev–Trinajstić information content (AvgIpc) is 2.75. The van der Waals surface area contributed by atoms with Crippen LogP contribution in [0, 0.1) is 18.6 Å². The van der Waals surface area contributed by atoms with Gasteiger partial charge >= 0.3 is 0 Å². The van der Waals surface area contributed by atoms with E-state index in [0.29, 0.717) is 11.7 Å². The van der Waals surface area contributed by atoms with Gasteiger partial charge in [0, 0.05) is 6.54 Å². The Bertz CT molecular complexity index is 539. The molecule has 1 atom stereocenters. The van der Waals surface area contributed by atoms with Gasteiger partial charge in [0.15, 0.2) is 5.82 Å². The molecule has 0 fully saturated rings. The first-order chi connectivity index (χ1) is 9.08. The molecule has 19 heavy (non-hydrogen) atoms. The van der Waals surface area contributed by atoms with Crippen LogP contribution in [-0.4, -0.2) is 21.8 Å². The largest absolute Gasteiger partial charge is 0.387 e. The molecular formula is C12H13F2N3O2. The van der Waals surface area contributed by atoms with Gasteiger partial charge in [0.05, 0.1) is 18.2 Å². The summed E-state index contributed by atoms with van der Waals surface area (Å²) in [6.07, 6.45) is -1.29. The van der Waals surface area contributed by atoms with Crippen LogP contribution in [0.4, 0.5) is 8.78 Å². The molecule has 0 saturated heterocycles. The Kier molecular flexibility index (Phi) is 4.18. The Morgan fingerprint density at radius 1 is 1.37 bits per heavy atom. The number of aliphatic hydroxyl groups is 1. The van der Waals surface area contributed by atoms with Crippen molar-refractivity contribution < 1.29 is 18.4 Å². The molecule has 0 amide bonds. The maximum atomic E-state index is 13.4. The molecule has 5 nitrogen and oxygen atoms in total. The Morgan fingerprint density at radius 2 is 2.05 bits per heavy atom. The minimum Gasteiger partial charge on any atom is -0.387 e. The molecule has 2 aromatic rings. The van der Waals surface area contributed by atoms with Crippen molar-refractivity contribution in [3.05, 3.63) is 47.1 Å². The second-order valence-corrected chi connectivity index (χ2v) is 4.02. The predicted molar refractivity (Wildman–Crippen MR) is 62.1 cm³/mol. The van der Waals surface area contributed by atoms with Crippen LogP contribution in [0.2, 0.25) is 0 Å². The van der Waals surface area contributed by atoms with Crippen LogP contribution in [0.1, 0.15) is 23.4 Å². The molecule has 0 saturated carbocycles. The molecule has 0 spiro atoms. The number of nitrogens with zero attached hydrogens (tertiary/aromatic N) is 2. The van der Waals surface area contributed by atoms with E-state index in [1.807, 2.05) is 0 Å². The van der Waals surface area contributed by atoms with E-state index in [4.69, 9.17) is 4.52 Å². The van der Waals surface area contributed by atoms with Crippen LogP contribution >= 0.6 is 0 Å². The number of aliphatic hydroxyl groups excluding tert-OH is 1. The highest BCUT2D eigenvalue weighted by molar-refractivity contribution is 5.22. The molecule has 2 rings (SSSR count). The SMILES string of the molecule is Cc1noc(CNCC(O)c2c(F)cccc2F)n1. The molecule has 0 aliphatic heterocycles. The van der Waals surface area contributed by atoms with Crippen LogP contribution in [0.15, 0.2) is 22.7 Å². The minimum absolute atomic E-state index is 0.0285. The van der Waals surface area contributed by atoms with Crippen molar-refractivity contribution in [2.45, 2.75) is 19.6 Å². The van der Waals surface area contributed by atoms with E-state index in [1.54, 1.807) is 6.92 Å². The van der Waals surface area contributed by atoms with Gasteiger partial charge in [0.25, 0.3) is 0 Å². The Labute approximate surface area is 108 Å². The van der Waals surface area contributed by atoms with Gasteiger partial charge in [-0.1, -0.05) is 11.2 Å². The van der Waals surface area contributed by atoms with Gasteiger partial charge in [-0.2, -0.15) is 4.98 Å². The van der Waals surface area contributed by atoms with Crippen molar-refractivity contribution in [3.63, 3.8) is 0 Å². The van der Waals surface area contributed by atoms with Crippen molar-refractivity contribution in [1.29, 1.82) is 0 Å². The van der Waals surface area contributed by atoms with Crippen LogP contribution < -0.4 is 5.32 Å². The fourth-order valence-electron chi connectivity index (χ4n) is 1.66. The summed E-state index contributed by atoms with van der Waals surface area (Å²) in [5, 5.41) is 16.1. The highest BCUT2D eigenvalue weighted by Crippen LogP contribution is 2.19. The predicted octanol–water partition coefficient (Wildman–Crippen LogP) is 1.48. The summed E-state index contributed by atoms with van der Waals surface area (Å²) in [5.74, 6) is -0.706. The van der Waals surface area contributed by atoms with Gasteiger partial charge in [0.1, 0.15) is 11.6 Å². The third-order valence-electron chi connectivity index (χ3n) is 2.52. The van der Waals surface area contributed by atoms with Crippen molar-refractivity contribution in [2.24, 2.45) is 0 Å². The van der Waals surface area contributed by atoms with E-state index < -0.39 is 17.7 Å². The van der Waals surface area contributed by atoms with E-state index in [1.165, 1.54) is 6.07 Å². The summed E-state index contributed by atoms with van der Waals surface area (Å²) in [6.45, 7) is 1.86. The lowest BCUT2D eigenvalue weighted by molar-refractivity contribution is 0.163. The van der Waals surface area contributed by atoms with Crippen molar-refractivity contribution >= 4 is 0 Å².